The number of fused-ring (bicyclic) bond motifs is 1. The molecule has 6 rings (SSSR count). The van der Waals surface area contributed by atoms with Crippen molar-refractivity contribution in [2.24, 2.45) is 0 Å². The second kappa shape index (κ2) is 18.9. The molecule has 0 radical (unpaired) electrons. The van der Waals surface area contributed by atoms with Crippen molar-refractivity contribution < 1.29 is 80.3 Å². The molecule has 10 heteroatoms. The summed E-state index contributed by atoms with van der Waals surface area (Å²) in [6, 6.07) is 31.5. The van der Waals surface area contributed by atoms with Crippen LogP contribution in [-0.2, 0) is 11.3 Å². The molecule has 0 bridgehead atoms. The molecule has 1 saturated heterocycles. The molecule has 1 aromatic heterocycles. The number of aryl methyl sites for hydroxylation is 1. The Morgan fingerprint density at radius 1 is 0.788 bits per heavy atom. The number of carbonyl (C=O) groups excluding carboxylic acids is 2. The molecule has 0 spiro atoms. The maximum Gasteiger partial charge on any atom is 1.00 e. The molecule has 5 aromatic rings. The number of hydrogen-bond acceptors (Lipinski definition) is 8. The molecule has 1 aliphatic heterocycles. The summed E-state index contributed by atoms with van der Waals surface area (Å²) in [5, 5.41) is 11.8. The fourth-order valence-corrected chi connectivity index (χ4v) is 6.77. The third-order valence-electron chi connectivity index (χ3n) is 9.33. The van der Waals surface area contributed by atoms with Gasteiger partial charge in [0.2, 0.25) is 0 Å². The summed E-state index contributed by atoms with van der Waals surface area (Å²) in [5.74, 6) is 0.749. The first-order valence-corrected chi connectivity index (χ1v) is 17.8. The van der Waals surface area contributed by atoms with Gasteiger partial charge in [0.25, 0.3) is 0 Å². The summed E-state index contributed by atoms with van der Waals surface area (Å²) in [6.07, 6.45) is 2.85. The number of ether oxygens (including phenoxy) is 3. The van der Waals surface area contributed by atoms with E-state index in [4.69, 9.17) is 14.2 Å². The van der Waals surface area contributed by atoms with Crippen molar-refractivity contribution in [3.8, 4) is 17.2 Å². The Morgan fingerprint density at radius 2 is 1.50 bits per heavy atom. The first-order valence-electron chi connectivity index (χ1n) is 17.8. The van der Waals surface area contributed by atoms with E-state index in [-0.39, 0.29) is 75.8 Å². The van der Waals surface area contributed by atoms with Crippen LogP contribution in [0.5, 0.6) is 17.2 Å². The number of aliphatic carboxylic acids is 1. The van der Waals surface area contributed by atoms with Gasteiger partial charge in [0.15, 0.2) is 17.3 Å². The fraction of sp³-hybridized carbons (Fsp3) is 0.333. The molecule has 266 valence electrons. The largest absolute Gasteiger partial charge is 1.00 e. The predicted molar refractivity (Wildman–Crippen MR) is 198 cm³/mol. The van der Waals surface area contributed by atoms with Crippen molar-refractivity contribution >= 4 is 28.3 Å². The number of para-hydroxylation sites is 3. The number of anilines is 1. The van der Waals surface area contributed by atoms with Gasteiger partial charge in [-0.2, -0.15) is 0 Å². The molecule has 0 N–H and O–H groups in total. The molecule has 0 aliphatic carbocycles. The number of carboxylic acid groups (broad SMARTS) is 1. The van der Waals surface area contributed by atoms with Crippen LogP contribution in [0.4, 0.5) is 5.69 Å². The fourth-order valence-electron chi connectivity index (χ4n) is 6.77. The normalized spacial score (nSPS) is 13.8. The number of rotatable bonds is 16. The summed E-state index contributed by atoms with van der Waals surface area (Å²) in [6.45, 7) is 9.14. The maximum atomic E-state index is 13.9. The molecule has 0 saturated carbocycles. The van der Waals surface area contributed by atoms with E-state index < -0.39 is 5.97 Å². The number of aromatic nitrogens is 1. The molecular weight excluding hydrogens is 682 g/mol. The molecule has 1 atom stereocenters. The summed E-state index contributed by atoms with van der Waals surface area (Å²) >= 11 is 0. The number of benzene rings is 4. The minimum atomic E-state index is -1.08. The molecule has 0 amide bonds. The zero-order valence-electron chi connectivity index (χ0n) is 30.6. The van der Waals surface area contributed by atoms with Crippen LogP contribution in [-0.4, -0.2) is 67.2 Å². The minimum absolute atomic E-state index is 0. The molecule has 4 aromatic carbocycles. The van der Waals surface area contributed by atoms with Crippen molar-refractivity contribution in [2.75, 3.05) is 44.7 Å². The Bertz CT molecular complexity index is 1940. The van der Waals surface area contributed by atoms with E-state index in [9.17, 15) is 14.7 Å². The van der Waals surface area contributed by atoms with Crippen molar-refractivity contribution in [1.29, 1.82) is 0 Å². The van der Waals surface area contributed by atoms with E-state index in [0.29, 0.717) is 35.6 Å². The third kappa shape index (κ3) is 9.86. The van der Waals surface area contributed by atoms with Crippen LogP contribution in [0.15, 0.2) is 103 Å². The number of piperazine rings is 1. The molecule has 1 aliphatic rings. The van der Waals surface area contributed by atoms with Gasteiger partial charge in [-0.25, -0.2) is 0 Å². The standard InChI is InChI=1S/C42H47N3O6.K/c1-30(2)50-38-17-10-9-16-36(38)44-26-24-43(25-27-44)23-21-37(31-12-5-4-6-13-31)51-39-20-19-32(28-40(39)49-3)42(48)34-29-45(22-11-18-41(46)47)35-15-8-7-14-33(34)35;/h4-10,12-17,19-20,28-30,37H,11,18,21-27H2,1-3H3,(H,46,47);/q;+1/p-1. The average Bonchev–Trinajstić information content (AvgIpc) is 3.52. The summed E-state index contributed by atoms with van der Waals surface area (Å²) in [4.78, 5) is 29.8. The van der Waals surface area contributed by atoms with Gasteiger partial charge in [0.1, 0.15) is 11.9 Å². The number of carboxylic acids is 1. The van der Waals surface area contributed by atoms with Crippen LogP contribution < -0.4 is 75.6 Å². The van der Waals surface area contributed by atoms with Gasteiger partial charge >= 0.3 is 51.4 Å². The molecular formula is C42H46KN3O6. The van der Waals surface area contributed by atoms with Crippen LogP contribution >= 0.6 is 0 Å². The van der Waals surface area contributed by atoms with Crippen molar-refractivity contribution in [2.45, 2.75) is 51.9 Å². The zero-order valence-corrected chi connectivity index (χ0v) is 33.7. The average molecular weight is 728 g/mol. The second-order valence-corrected chi connectivity index (χ2v) is 13.2. The van der Waals surface area contributed by atoms with E-state index in [1.165, 1.54) is 0 Å². The van der Waals surface area contributed by atoms with Crippen molar-refractivity contribution in [1.82, 2.24) is 9.47 Å². The number of carbonyl (C=O) groups is 2. The SMILES string of the molecule is COc1cc(C(=O)c2cn(CCCC(=O)[O-])c3ccccc23)ccc1OC(CCN1CCN(c2ccccc2OC(C)C)CC1)c1ccccc1.[K+]. The van der Waals surface area contributed by atoms with E-state index in [0.717, 1.165) is 67.0 Å². The Kier molecular flexibility index (Phi) is 14.4. The van der Waals surface area contributed by atoms with Crippen LogP contribution in [0.1, 0.15) is 60.7 Å². The topological polar surface area (TPSA) is 96.3 Å². The summed E-state index contributed by atoms with van der Waals surface area (Å²) < 4.78 is 20.5. The molecule has 1 unspecified atom stereocenters. The Balaban J connectivity index is 0.00000523. The first-order chi connectivity index (χ1) is 24.8. The molecule has 9 nitrogen and oxygen atoms in total. The quantitative estimate of drug-likeness (QED) is 0.113. The van der Waals surface area contributed by atoms with Gasteiger partial charge in [0, 0.05) is 79.9 Å². The smallest absolute Gasteiger partial charge is 0.550 e. The number of hydrogen-bond donors (Lipinski definition) is 0. The number of nitrogens with zero attached hydrogens (tertiary/aromatic N) is 3. The Hall–Kier alpha value is -3.64. The van der Waals surface area contributed by atoms with Gasteiger partial charge in [-0.1, -0.05) is 60.7 Å². The molecule has 52 heavy (non-hydrogen) atoms. The van der Waals surface area contributed by atoms with Crippen LogP contribution in [0, 0.1) is 0 Å². The van der Waals surface area contributed by atoms with Gasteiger partial charge < -0.3 is 33.6 Å². The molecule has 2 heterocycles. The summed E-state index contributed by atoms with van der Waals surface area (Å²) in [5.41, 5.74) is 4.12. The Morgan fingerprint density at radius 3 is 2.23 bits per heavy atom. The van der Waals surface area contributed by atoms with Crippen LogP contribution in [0.3, 0.4) is 0 Å². The van der Waals surface area contributed by atoms with E-state index in [2.05, 4.69) is 47.9 Å². The second-order valence-electron chi connectivity index (χ2n) is 13.2. The maximum absolute atomic E-state index is 13.9. The molecule has 1 fully saturated rings. The van der Waals surface area contributed by atoms with E-state index in [1.807, 2.05) is 71.4 Å². The van der Waals surface area contributed by atoms with E-state index >= 15 is 0 Å². The Labute approximate surface area is 348 Å². The van der Waals surface area contributed by atoms with Crippen molar-refractivity contribution in [3.05, 3.63) is 120 Å². The summed E-state index contributed by atoms with van der Waals surface area (Å²) in [7, 11) is 1.58. The number of methoxy groups -OCH3 is 1. The number of ketones is 1. The van der Waals surface area contributed by atoms with Gasteiger partial charge in [-0.15, -0.1) is 0 Å². The van der Waals surface area contributed by atoms with E-state index in [1.54, 1.807) is 19.2 Å². The zero-order chi connectivity index (χ0) is 35.7. The third-order valence-corrected chi connectivity index (χ3v) is 9.33. The van der Waals surface area contributed by atoms with Crippen LogP contribution in [0.2, 0.25) is 0 Å². The van der Waals surface area contributed by atoms with Crippen LogP contribution in [0.25, 0.3) is 10.9 Å². The first kappa shape index (κ1) is 39.6. The minimum Gasteiger partial charge on any atom is -0.550 e. The predicted octanol–water partition coefficient (Wildman–Crippen LogP) is 3.53. The van der Waals surface area contributed by atoms with Gasteiger partial charge in [0.05, 0.1) is 18.9 Å². The monoisotopic (exact) mass is 727 g/mol. The van der Waals surface area contributed by atoms with Gasteiger partial charge in [-0.05, 0) is 68.7 Å². The van der Waals surface area contributed by atoms with Gasteiger partial charge in [-0.3, -0.25) is 9.69 Å². The van der Waals surface area contributed by atoms with Crippen molar-refractivity contribution in [3.63, 3.8) is 0 Å².